The molecule has 4 nitrogen and oxygen atoms in total. The largest absolute Gasteiger partial charge is 0.493 e. The quantitative estimate of drug-likeness (QED) is 0.891. The summed E-state index contributed by atoms with van der Waals surface area (Å²) in [6.45, 7) is 2.72. The summed E-state index contributed by atoms with van der Waals surface area (Å²) in [7, 11) is 1.53. The summed E-state index contributed by atoms with van der Waals surface area (Å²) in [4.78, 5) is 0. The predicted octanol–water partition coefficient (Wildman–Crippen LogP) is 2.82. The van der Waals surface area contributed by atoms with Gasteiger partial charge in [-0.05, 0) is 24.5 Å². The number of aryl methyl sites for hydroxylation is 1. The maximum absolute atomic E-state index is 13.8. The lowest BCUT2D eigenvalue weighted by molar-refractivity contribution is 0.399. The molecule has 1 heterocycles. The fraction of sp³-hybridized carbons (Fsp3) is 0.400. The van der Waals surface area contributed by atoms with E-state index in [0.717, 1.165) is 12.5 Å². The normalized spacial score (nSPS) is 12.4. The van der Waals surface area contributed by atoms with Crippen molar-refractivity contribution < 1.29 is 13.5 Å². The molecule has 0 bridgehead atoms. The lowest BCUT2D eigenvalue weighted by atomic mass is 10.0. The van der Waals surface area contributed by atoms with E-state index in [1.165, 1.54) is 19.2 Å². The zero-order valence-corrected chi connectivity index (χ0v) is 12.1. The molecule has 0 aliphatic carbocycles. The fourth-order valence-corrected chi connectivity index (χ4v) is 2.34. The van der Waals surface area contributed by atoms with Gasteiger partial charge in [-0.15, -0.1) is 0 Å². The lowest BCUT2D eigenvalue weighted by Crippen LogP contribution is -2.20. The molecular formula is C15H19F2N3O. The molecule has 0 fully saturated rings. The molecule has 0 saturated carbocycles. The van der Waals surface area contributed by atoms with Crippen LogP contribution in [0.4, 0.5) is 8.78 Å². The summed E-state index contributed by atoms with van der Waals surface area (Å²) in [5, 5.41) is 4.22. The molecule has 1 unspecified atom stereocenters. The Labute approximate surface area is 122 Å². The van der Waals surface area contributed by atoms with E-state index in [-0.39, 0.29) is 12.0 Å². The van der Waals surface area contributed by atoms with Gasteiger partial charge in [0.05, 0.1) is 25.0 Å². The van der Waals surface area contributed by atoms with E-state index in [0.29, 0.717) is 18.0 Å². The first-order valence-electron chi connectivity index (χ1n) is 6.86. The van der Waals surface area contributed by atoms with Crippen LogP contribution in [0.1, 0.15) is 30.6 Å². The van der Waals surface area contributed by atoms with Gasteiger partial charge in [-0.2, -0.15) is 5.10 Å². The van der Waals surface area contributed by atoms with E-state index in [1.807, 2.05) is 6.92 Å². The third kappa shape index (κ3) is 3.21. The maximum atomic E-state index is 13.8. The van der Waals surface area contributed by atoms with Crippen molar-refractivity contribution in [2.45, 2.75) is 32.4 Å². The van der Waals surface area contributed by atoms with Crippen molar-refractivity contribution >= 4 is 0 Å². The van der Waals surface area contributed by atoms with E-state index >= 15 is 0 Å². The van der Waals surface area contributed by atoms with Crippen LogP contribution in [0, 0.1) is 11.6 Å². The minimum atomic E-state index is -0.867. The second-order valence-corrected chi connectivity index (χ2v) is 4.84. The molecule has 114 valence electrons. The van der Waals surface area contributed by atoms with Crippen LogP contribution in [0.15, 0.2) is 24.4 Å². The van der Waals surface area contributed by atoms with E-state index in [4.69, 9.17) is 10.5 Å². The van der Waals surface area contributed by atoms with Crippen molar-refractivity contribution in [2.24, 2.45) is 5.73 Å². The number of nitrogens with two attached hydrogens (primary N) is 1. The Morgan fingerprint density at radius 2 is 2.14 bits per heavy atom. The highest BCUT2D eigenvalue weighted by Crippen LogP contribution is 2.27. The van der Waals surface area contributed by atoms with Gasteiger partial charge in [-0.1, -0.05) is 19.1 Å². The van der Waals surface area contributed by atoms with Gasteiger partial charge in [-0.3, -0.25) is 4.68 Å². The summed E-state index contributed by atoms with van der Waals surface area (Å²) in [6.07, 6.45) is 2.65. The number of methoxy groups -OCH3 is 1. The van der Waals surface area contributed by atoms with E-state index in [9.17, 15) is 8.78 Å². The highest BCUT2D eigenvalue weighted by Gasteiger charge is 2.20. The van der Waals surface area contributed by atoms with E-state index in [1.54, 1.807) is 10.9 Å². The monoisotopic (exact) mass is 295 g/mol. The summed E-state index contributed by atoms with van der Waals surface area (Å²) in [5.41, 5.74) is 7.11. The van der Waals surface area contributed by atoms with Crippen molar-refractivity contribution in [3.05, 3.63) is 47.3 Å². The van der Waals surface area contributed by atoms with Crippen LogP contribution in [0.5, 0.6) is 5.75 Å². The Morgan fingerprint density at radius 3 is 2.81 bits per heavy atom. The van der Waals surface area contributed by atoms with Crippen LogP contribution < -0.4 is 10.5 Å². The Kier molecular flexibility index (Phi) is 4.90. The van der Waals surface area contributed by atoms with Crippen LogP contribution in [0.3, 0.4) is 0 Å². The number of ether oxygens (including phenoxy) is 1. The SMILES string of the molecule is CCCn1ncc(OC)c1C(N)Cc1cccc(F)c1F. The van der Waals surface area contributed by atoms with Crippen LogP contribution in [-0.2, 0) is 13.0 Å². The molecule has 0 spiro atoms. The van der Waals surface area contributed by atoms with Gasteiger partial charge in [0.25, 0.3) is 0 Å². The van der Waals surface area contributed by atoms with Crippen molar-refractivity contribution in [1.82, 2.24) is 9.78 Å². The molecule has 1 aromatic carbocycles. The third-order valence-electron chi connectivity index (χ3n) is 3.32. The summed E-state index contributed by atoms with van der Waals surface area (Å²) < 4.78 is 34.0. The number of rotatable bonds is 6. The molecule has 2 aromatic rings. The smallest absolute Gasteiger partial charge is 0.162 e. The number of nitrogens with zero attached hydrogens (tertiary/aromatic N) is 2. The number of hydrogen-bond donors (Lipinski definition) is 1. The molecule has 0 amide bonds. The minimum Gasteiger partial charge on any atom is -0.493 e. The van der Waals surface area contributed by atoms with Crippen molar-refractivity contribution in [3.63, 3.8) is 0 Å². The topological polar surface area (TPSA) is 53.1 Å². The van der Waals surface area contributed by atoms with Gasteiger partial charge in [0.1, 0.15) is 0 Å². The van der Waals surface area contributed by atoms with Crippen LogP contribution in [-0.4, -0.2) is 16.9 Å². The summed E-state index contributed by atoms with van der Waals surface area (Å²) >= 11 is 0. The Morgan fingerprint density at radius 1 is 1.38 bits per heavy atom. The highest BCUT2D eigenvalue weighted by atomic mass is 19.2. The first kappa shape index (κ1) is 15.4. The molecule has 1 aromatic heterocycles. The second kappa shape index (κ2) is 6.67. The van der Waals surface area contributed by atoms with Crippen molar-refractivity contribution in [2.75, 3.05) is 7.11 Å². The number of halogens is 2. The first-order chi connectivity index (χ1) is 10.1. The molecule has 21 heavy (non-hydrogen) atoms. The molecule has 0 radical (unpaired) electrons. The molecule has 2 N–H and O–H groups in total. The van der Waals surface area contributed by atoms with E-state index in [2.05, 4.69) is 5.10 Å². The zero-order valence-electron chi connectivity index (χ0n) is 12.1. The highest BCUT2D eigenvalue weighted by molar-refractivity contribution is 5.30. The van der Waals surface area contributed by atoms with Crippen molar-refractivity contribution in [1.29, 1.82) is 0 Å². The molecule has 1 atom stereocenters. The van der Waals surface area contributed by atoms with Gasteiger partial charge in [0, 0.05) is 6.54 Å². The Hall–Kier alpha value is -1.95. The molecular weight excluding hydrogens is 276 g/mol. The molecule has 2 rings (SSSR count). The maximum Gasteiger partial charge on any atom is 0.162 e. The van der Waals surface area contributed by atoms with Gasteiger partial charge in [0.15, 0.2) is 17.4 Å². The fourth-order valence-electron chi connectivity index (χ4n) is 2.34. The van der Waals surface area contributed by atoms with Crippen LogP contribution in [0.2, 0.25) is 0 Å². The average Bonchev–Trinajstić information content (AvgIpc) is 2.87. The Balaban J connectivity index is 2.29. The van der Waals surface area contributed by atoms with Gasteiger partial charge >= 0.3 is 0 Å². The molecule has 0 aliphatic rings. The molecule has 0 saturated heterocycles. The lowest BCUT2D eigenvalue weighted by Gasteiger charge is -2.16. The second-order valence-electron chi connectivity index (χ2n) is 4.84. The van der Waals surface area contributed by atoms with Gasteiger partial charge in [0.2, 0.25) is 0 Å². The average molecular weight is 295 g/mol. The number of aromatic nitrogens is 2. The third-order valence-corrected chi connectivity index (χ3v) is 3.32. The summed E-state index contributed by atoms with van der Waals surface area (Å²) in [6, 6.07) is 3.57. The van der Waals surface area contributed by atoms with Crippen LogP contribution >= 0.6 is 0 Å². The zero-order chi connectivity index (χ0) is 15.4. The van der Waals surface area contributed by atoms with E-state index < -0.39 is 17.7 Å². The standard InChI is InChI=1S/C15H19F2N3O/c1-3-7-20-15(13(21-2)9-19-20)12(18)8-10-5-4-6-11(16)14(10)17/h4-6,9,12H,3,7-8,18H2,1-2H3. The predicted molar refractivity (Wildman–Crippen MR) is 76.1 cm³/mol. The molecule has 0 aliphatic heterocycles. The van der Waals surface area contributed by atoms with Gasteiger partial charge < -0.3 is 10.5 Å². The molecule has 6 heteroatoms. The van der Waals surface area contributed by atoms with Gasteiger partial charge in [-0.25, -0.2) is 8.78 Å². The first-order valence-corrected chi connectivity index (χ1v) is 6.86. The Bertz CT molecular complexity index is 613. The minimum absolute atomic E-state index is 0.176. The number of hydrogen-bond acceptors (Lipinski definition) is 3. The van der Waals surface area contributed by atoms with Crippen LogP contribution in [0.25, 0.3) is 0 Å². The number of benzene rings is 1. The van der Waals surface area contributed by atoms with Crippen molar-refractivity contribution in [3.8, 4) is 5.75 Å². The summed E-state index contributed by atoms with van der Waals surface area (Å²) in [5.74, 6) is -1.16.